The first-order valence-corrected chi connectivity index (χ1v) is 26.1. The number of hydrogen-bond donors (Lipinski definition) is 8. The molecule has 2 spiro atoms. The largest absolute Gasteiger partial charge is 0.508 e. The molecule has 0 radical (unpaired) electrons. The quantitative estimate of drug-likeness (QED) is 0.0583. The molecule has 8 N–H and O–H groups in total. The first-order valence-electron chi connectivity index (χ1n) is 23.7. The second kappa shape index (κ2) is 14.6. The van der Waals surface area contributed by atoms with Crippen molar-refractivity contribution < 1.29 is 49.6 Å². The maximum Gasteiger partial charge on any atom is 0.343 e. The van der Waals surface area contributed by atoms with E-state index < -0.39 is 71.2 Å². The van der Waals surface area contributed by atoms with E-state index in [2.05, 4.69) is 22.4 Å². The summed E-state index contributed by atoms with van der Waals surface area (Å²) in [6, 6.07) is 21.8. The molecule has 5 aromatic rings. The van der Waals surface area contributed by atoms with Crippen molar-refractivity contribution in [3.05, 3.63) is 83.6 Å². The molecule has 9 aliphatic rings. The van der Waals surface area contributed by atoms with E-state index in [-0.39, 0.29) is 59.2 Å². The van der Waals surface area contributed by atoms with Gasteiger partial charge in [0.25, 0.3) is 0 Å². The lowest BCUT2D eigenvalue weighted by Crippen LogP contribution is -2.78. The zero-order valence-electron chi connectivity index (χ0n) is 36.2. The second-order valence-corrected chi connectivity index (χ2v) is 23.3. The van der Waals surface area contributed by atoms with Crippen molar-refractivity contribution in [2.24, 2.45) is 35.0 Å². The van der Waals surface area contributed by atoms with Gasteiger partial charge in [-0.3, -0.25) is 0 Å². The van der Waals surface area contributed by atoms with E-state index in [9.17, 15) is 30.6 Å². The maximum absolute atomic E-state index is 15.1. The lowest BCUT2D eigenvalue weighted by Gasteiger charge is -2.68. The molecule has 1 aromatic heterocycles. The summed E-state index contributed by atoms with van der Waals surface area (Å²) in [5.41, 5.74) is -0.348. The number of aromatic amines is 1. The fourth-order valence-corrected chi connectivity index (χ4v) is 19.0. The van der Waals surface area contributed by atoms with Gasteiger partial charge in [-0.05, 0) is 145 Å². The summed E-state index contributed by atoms with van der Waals surface area (Å²) in [4.78, 5) is 18.4. The predicted octanol–water partition coefficient (Wildman–Crippen LogP) is 6.15. The number of rotatable bonds is 4. The molecule has 14 heteroatoms. The average Bonchev–Trinajstić information content (AvgIpc) is 4.03. The number of aliphatic hydroxyl groups is 5. The number of fused-ring (bicyclic) bond motifs is 10. The molecule has 16 atom stereocenters. The van der Waals surface area contributed by atoms with Crippen LogP contribution in [0, 0.1) is 35.0 Å². The normalized spacial score (nSPS) is 42.6. The van der Waals surface area contributed by atoms with Gasteiger partial charge in [-0.25, -0.2) is 4.79 Å². The lowest BCUT2D eigenvalue weighted by molar-refractivity contribution is -0.372. The van der Waals surface area contributed by atoms with Crippen LogP contribution in [-0.4, -0.2) is 108 Å². The van der Waals surface area contributed by atoms with Crippen LogP contribution >= 0.6 is 21.6 Å². The maximum atomic E-state index is 15.1. The van der Waals surface area contributed by atoms with Crippen molar-refractivity contribution in [3.8, 4) is 11.5 Å². The average molecular weight is 921 g/mol. The van der Waals surface area contributed by atoms with Gasteiger partial charge in [-0.15, -0.1) is 0 Å². The fourth-order valence-electron chi connectivity index (χ4n) is 16.3. The fraction of sp³-hybridized carbons (Fsp3) is 0.549. The number of esters is 1. The van der Waals surface area contributed by atoms with Gasteiger partial charge in [0, 0.05) is 40.2 Å². The van der Waals surface area contributed by atoms with Gasteiger partial charge in [0.15, 0.2) is 17.5 Å². The van der Waals surface area contributed by atoms with E-state index in [0.717, 1.165) is 64.3 Å². The highest BCUT2D eigenvalue weighted by atomic mass is 33.1. The Morgan fingerprint density at radius 1 is 0.892 bits per heavy atom. The minimum absolute atomic E-state index is 0.0678. The van der Waals surface area contributed by atoms with Gasteiger partial charge in [0.05, 0.1) is 35.4 Å². The summed E-state index contributed by atoms with van der Waals surface area (Å²) in [7, 11) is 5.63. The monoisotopic (exact) mass is 920 g/mol. The van der Waals surface area contributed by atoms with Crippen LogP contribution in [0.2, 0.25) is 0 Å². The number of aromatic nitrogens is 1. The molecule has 342 valence electrons. The molecular weight excluding hydrogens is 865 g/mol. The Balaban J connectivity index is 0.976. The molecule has 5 heterocycles. The Kier molecular flexibility index (Phi) is 9.35. The van der Waals surface area contributed by atoms with Gasteiger partial charge in [0.2, 0.25) is 5.79 Å². The van der Waals surface area contributed by atoms with Crippen LogP contribution in [0.1, 0.15) is 74.1 Å². The molecule has 3 saturated heterocycles. The van der Waals surface area contributed by atoms with Crippen molar-refractivity contribution in [1.82, 2.24) is 10.3 Å². The van der Waals surface area contributed by atoms with E-state index >= 15 is 4.79 Å². The van der Waals surface area contributed by atoms with Crippen LogP contribution in [-0.2, 0) is 26.3 Å². The molecule has 16 unspecified atom stereocenters. The molecule has 65 heavy (non-hydrogen) atoms. The van der Waals surface area contributed by atoms with Gasteiger partial charge in [0.1, 0.15) is 18.0 Å². The number of phenols is 1. The molecule has 5 aliphatic carbocycles. The van der Waals surface area contributed by atoms with Gasteiger partial charge < -0.3 is 55.2 Å². The molecule has 4 bridgehead atoms. The van der Waals surface area contributed by atoms with Gasteiger partial charge >= 0.3 is 5.97 Å². The summed E-state index contributed by atoms with van der Waals surface area (Å²) in [6.45, 7) is -0.465. The summed E-state index contributed by atoms with van der Waals surface area (Å²) in [6.07, 6.45) is -0.699. The predicted molar refractivity (Wildman–Crippen MR) is 247 cm³/mol. The van der Waals surface area contributed by atoms with Crippen molar-refractivity contribution in [2.45, 2.75) is 117 Å². The number of H-pyrrole nitrogens is 1. The van der Waals surface area contributed by atoms with Crippen molar-refractivity contribution in [2.75, 3.05) is 18.6 Å². The Bertz CT molecular complexity index is 2790. The number of aliphatic hydroxyl groups excluding tert-OH is 3. The summed E-state index contributed by atoms with van der Waals surface area (Å²) < 4.78 is 20.3. The highest BCUT2D eigenvalue weighted by molar-refractivity contribution is 8.76. The number of carbonyl (C=O) groups excluding carboxylic acids is 1. The summed E-state index contributed by atoms with van der Waals surface area (Å²) in [5, 5.41) is 81.2. The zero-order chi connectivity index (χ0) is 44.4. The zero-order valence-corrected chi connectivity index (χ0v) is 37.8. The van der Waals surface area contributed by atoms with Gasteiger partial charge in [-0.1, -0.05) is 58.0 Å². The highest BCUT2D eigenvalue weighted by Gasteiger charge is 2.83. The molecule has 12 nitrogen and oxygen atoms in total. The van der Waals surface area contributed by atoms with Gasteiger partial charge in [-0.2, -0.15) is 0 Å². The van der Waals surface area contributed by atoms with E-state index in [4.69, 9.17) is 14.2 Å². The molecule has 14 rings (SSSR count). The Labute approximate surface area is 384 Å². The number of nitrogens with one attached hydrogen (secondary N) is 2. The molecular formula is C51H56N2O10S2. The Hall–Kier alpha value is -3.41. The number of aromatic hydroxyl groups is 1. The number of ether oxygens (including phenoxy) is 3. The first kappa shape index (κ1) is 41.8. The van der Waals surface area contributed by atoms with Crippen LogP contribution < -0.4 is 10.1 Å². The molecule has 7 fully saturated rings. The number of phenolic OH excluding ortho intramolecular Hbond substituents is 1. The van der Waals surface area contributed by atoms with Crippen LogP contribution in [0.15, 0.2) is 66.7 Å². The number of benzene rings is 4. The minimum Gasteiger partial charge on any atom is -0.508 e. The smallest absolute Gasteiger partial charge is 0.343 e. The number of carbonyl (C=O) groups is 1. The lowest BCUT2D eigenvalue weighted by atomic mass is 9.41. The van der Waals surface area contributed by atoms with Crippen molar-refractivity contribution >= 4 is 60.0 Å². The van der Waals surface area contributed by atoms with E-state index in [1.165, 1.54) is 5.56 Å². The Morgan fingerprint density at radius 3 is 2.51 bits per heavy atom. The third-order valence-corrected chi connectivity index (χ3v) is 21.1. The minimum atomic E-state index is -2.57. The van der Waals surface area contributed by atoms with Crippen molar-refractivity contribution in [3.63, 3.8) is 0 Å². The molecule has 4 aliphatic heterocycles. The third kappa shape index (κ3) is 5.22. The Morgan fingerprint density at radius 2 is 1.69 bits per heavy atom. The molecule has 4 aromatic carbocycles. The van der Waals surface area contributed by atoms with Crippen LogP contribution in [0.25, 0.3) is 32.4 Å². The van der Waals surface area contributed by atoms with Crippen LogP contribution in [0.5, 0.6) is 11.5 Å². The SMILES string of the molecule is CNC1CSSCC2CC3CCC4CCC5(C(O)C1CC1C6CCC(O)C7(O)OC(C(=O)Oc8c(CO)[nH]c9ccc%10cc%11ccccc%11cc%10c89)C(OC15)C67O)C43c1ccc(O)cc12. The molecule has 4 saturated carbocycles. The third-order valence-electron chi connectivity index (χ3n) is 18.6. The summed E-state index contributed by atoms with van der Waals surface area (Å²) >= 11 is 0. The molecule has 0 amide bonds. The van der Waals surface area contributed by atoms with E-state index in [0.29, 0.717) is 30.2 Å². The summed E-state index contributed by atoms with van der Waals surface area (Å²) in [5.74, 6) is -2.07. The van der Waals surface area contributed by atoms with E-state index in [1.54, 1.807) is 6.07 Å². The van der Waals surface area contributed by atoms with Crippen LogP contribution in [0.4, 0.5) is 0 Å². The highest BCUT2D eigenvalue weighted by Crippen LogP contribution is 2.77. The topological polar surface area (TPSA) is 194 Å². The van der Waals surface area contributed by atoms with Crippen LogP contribution in [0.3, 0.4) is 0 Å². The second-order valence-electron chi connectivity index (χ2n) is 20.8. The number of hydrogen-bond acceptors (Lipinski definition) is 13. The standard InChI is InChI=1S/C51H56N2O10S2/c1-52-39-23-65-64-22-27-17-29-8-7-28-14-15-48(49(28,29)35-10-9-30(55)19-31(27)35)44(57)34(39)20-33-36-11-13-40(56)51(60)50(36,59)46(62-45(33)48)43(63-51)47(58)61-42-38(21-54)53-37-12-6-26-16-24-4-2-3-5-25(24)18-32(26)41(37)42/h2-6,9-10,12,16,18-19,27-29,33-34,36,39-40,43-46,52-57,59-60H,7-8,11,13-15,17,20-23H2,1H3. The van der Waals surface area contributed by atoms with E-state index in [1.807, 2.05) is 77.2 Å². The van der Waals surface area contributed by atoms with Crippen molar-refractivity contribution in [1.29, 1.82) is 0 Å². The first-order chi connectivity index (χ1) is 31.5.